The Kier molecular flexibility index (Phi) is 4.47. The van der Waals surface area contributed by atoms with Gasteiger partial charge < -0.3 is 0 Å². The van der Waals surface area contributed by atoms with Gasteiger partial charge in [0.05, 0.1) is 0 Å². The third kappa shape index (κ3) is 2.63. The number of allylic oxidation sites excluding steroid dienone is 1. The minimum atomic E-state index is 1.08. The first-order chi connectivity index (χ1) is 10.8. The molecule has 1 radical (unpaired) electrons. The molecule has 0 aromatic heterocycles. The van der Waals surface area contributed by atoms with E-state index in [1.165, 1.54) is 45.4 Å². The molecular formula is C22H25. The second-order valence-corrected chi connectivity index (χ2v) is 6.08. The van der Waals surface area contributed by atoms with Gasteiger partial charge in [0.15, 0.2) is 0 Å². The van der Waals surface area contributed by atoms with Crippen LogP contribution in [-0.2, 0) is 12.8 Å². The monoisotopic (exact) mass is 289 g/mol. The standard InChI is InChI=1S/C22H25/c1-4-9-18-12-13-19-14-16(5-2)15-21(19)22(18)20-11-8-7-10-17(20)6-3/h7-8,10-15H,4-6,9H2,1-3H3. The normalized spacial score (nSPS) is 13.1. The number of fused-ring (bicyclic) bond motifs is 1. The summed E-state index contributed by atoms with van der Waals surface area (Å²) in [4.78, 5) is 0. The van der Waals surface area contributed by atoms with Crippen LogP contribution in [0.5, 0.6) is 0 Å². The zero-order valence-corrected chi connectivity index (χ0v) is 13.9. The van der Waals surface area contributed by atoms with Crippen molar-refractivity contribution in [2.75, 3.05) is 0 Å². The lowest BCUT2D eigenvalue weighted by Crippen LogP contribution is -1.97. The number of hydrogen-bond donors (Lipinski definition) is 0. The van der Waals surface area contributed by atoms with Gasteiger partial charge in [0.1, 0.15) is 0 Å². The Labute approximate surface area is 134 Å². The Balaban J connectivity index is 2.24. The molecular weight excluding hydrogens is 264 g/mol. The van der Waals surface area contributed by atoms with Crippen molar-refractivity contribution < 1.29 is 0 Å². The topological polar surface area (TPSA) is 0 Å². The highest BCUT2D eigenvalue weighted by Crippen LogP contribution is 2.40. The fourth-order valence-corrected chi connectivity index (χ4v) is 3.46. The molecule has 0 heteroatoms. The molecule has 0 fully saturated rings. The van der Waals surface area contributed by atoms with Crippen molar-refractivity contribution in [3.05, 3.63) is 70.6 Å². The summed E-state index contributed by atoms with van der Waals surface area (Å²) >= 11 is 0. The van der Waals surface area contributed by atoms with E-state index in [1.54, 1.807) is 0 Å². The second-order valence-electron chi connectivity index (χ2n) is 6.08. The average molecular weight is 289 g/mol. The molecule has 0 heterocycles. The van der Waals surface area contributed by atoms with Gasteiger partial charge in [0, 0.05) is 6.42 Å². The third-order valence-electron chi connectivity index (χ3n) is 4.63. The Morgan fingerprint density at radius 1 is 0.818 bits per heavy atom. The Bertz CT molecular complexity index is 704. The Hall–Kier alpha value is -1.82. The van der Waals surface area contributed by atoms with E-state index in [0.29, 0.717) is 0 Å². The first-order valence-electron chi connectivity index (χ1n) is 8.57. The SMILES string of the molecule is CCCc1ccc2c(c1-c1ccccc1CC)C=C(CC)[CH]2. The van der Waals surface area contributed by atoms with Gasteiger partial charge in [-0.05, 0) is 52.6 Å². The molecule has 0 nitrogen and oxygen atoms in total. The zero-order valence-electron chi connectivity index (χ0n) is 13.9. The van der Waals surface area contributed by atoms with Crippen LogP contribution in [0.4, 0.5) is 0 Å². The molecule has 0 aliphatic heterocycles. The maximum absolute atomic E-state index is 2.40. The summed E-state index contributed by atoms with van der Waals surface area (Å²) in [5.41, 5.74) is 10.1. The van der Waals surface area contributed by atoms with Crippen LogP contribution >= 0.6 is 0 Å². The van der Waals surface area contributed by atoms with Crippen LogP contribution in [-0.4, -0.2) is 0 Å². The van der Waals surface area contributed by atoms with Crippen molar-refractivity contribution in [2.45, 2.75) is 46.5 Å². The molecule has 0 spiro atoms. The summed E-state index contributed by atoms with van der Waals surface area (Å²) in [6.45, 7) is 6.75. The number of hydrogen-bond acceptors (Lipinski definition) is 0. The van der Waals surface area contributed by atoms with Crippen molar-refractivity contribution in [1.82, 2.24) is 0 Å². The second kappa shape index (κ2) is 6.52. The average Bonchev–Trinajstić information content (AvgIpc) is 2.98. The summed E-state index contributed by atoms with van der Waals surface area (Å²) < 4.78 is 0. The van der Waals surface area contributed by atoms with Crippen molar-refractivity contribution in [3.8, 4) is 11.1 Å². The molecule has 113 valence electrons. The maximum atomic E-state index is 2.40. The summed E-state index contributed by atoms with van der Waals surface area (Å²) in [5.74, 6) is 0. The minimum absolute atomic E-state index is 1.08. The minimum Gasteiger partial charge on any atom is -0.0651 e. The molecule has 1 aliphatic carbocycles. The molecule has 0 saturated heterocycles. The van der Waals surface area contributed by atoms with Gasteiger partial charge in [-0.2, -0.15) is 0 Å². The smallest absolute Gasteiger partial charge is 0.0164 e. The number of rotatable bonds is 5. The van der Waals surface area contributed by atoms with E-state index < -0.39 is 0 Å². The Morgan fingerprint density at radius 2 is 1.64 bits per heavy atom. The fourth-order valence-electron chi connectivity index (χ4n) is 3.46. The van der Waals surface area contributed by atoms with Crippen molar-refractivity contribution in [3.63, 3.8) is 0 Å². The maximum Gasteiger partial charge on any atom is 0.0164 e. The van der Waals surface area contributed by atoms with Crippen LogP contribution in [0.2, 0.25) is 0 Å². The van der Waals surface area contributed by atoms with Crippen molar-refractivity contribution in [2.24, 2.45) is 0 Å². The van der Waals surface area contributed by atoms with E-state index in [1.807, 2.05) is 0 Å². The van der Waals surface area contributed by atoms with Gasteiger partial charge in [-0.15, -0.1) is 0 Å². The van der Waals surface area contributed by atoms with Gasteiger partial charge >= 0.3 is 0 Å². The highest BCUT2D eigenvalue weighted by atomic mass is 14.2. The van der Waals surface area contributed by atoms with Gasteiger partial charge in [-0.25, -0.2) is 0 Å². The molecule has 0 amide bonds. The van der Waals surface area contributed by atoms with Crippen LogP contribution in [0.3, 0.4) is 0 Å². The summed E-state index contributed by atoms with van der Waals surface area (Å²) in [7, 11) is 0. The highest BCUT2D eigenvalue weighted by molar-refractivity contribution is 5.86. The predicted octanol–water partition coefficient (Wildman–Crippen LogP) is 6.23. The summed E-state index contributed by atoms with van der Waals surface area (Å²) in [6.07, 6.45) is 9.27. The van der Waals surface area contributed by atoms with E-state index in [4.69, 9.17) is 0 Å². The lowest BCUT2D eigenvalue weighted by molar-refractivity contribution is 0.922. The largest absolute Gasteiger partial charge is 0.0651 e. The lowest BCUT2D eigenvalue weighted by Gasteiger charge is -2.17. The van der Waals surface area contributed by atoms with E-state index in [-0.39, 0.29) is 0 Å². The molecule has 0 N–H and O–H groups in total. The molecule has 0 bridgehead atoms. The predicted molar refractivity (Wildman–Crippen MR) is 96.9 cm³/mol. The Morgan fingerprint density at radius 3 is 2.36 bits per heavy atom. The molecule has 3 rings (SSSR count). The highest BCUT2D eigenvalue weighted by Gasteiger charge is 2.20. The fraction of sp³-hybridized carbons (Fsp3) is 0.318. The van der Waals surface area contributed by atoms with Crippen LogP contribution in [0, 0.1) is 6.42 Å². The molecule has 0 saturated carbocycles. The molecule has 2 aromatic rings. The van der Waals surface area contributed by atoms with Gasteiger partial charge in [0.25, 0.3) is 0 Å². The van der Waals surface area contributed by atoms with Gasteiger partial charge in [0.2, 0.25) is 0 Å². The first-order valence-corrected chi connectivity index (χ1v) is 8.57. The molecule has 0 unspecified atom stereocenters. The quantitative estimate of drug-likeness (QED) is 0.612. The van der Waals surface area contributed by atoms with E-state index in [2.05, 4.69) is 69.7 Å². The molecule has 0 atom stereocenters. The summed E-state index contributed by atoms with van der Waals surface area (Å²) in [5, 5.41) is 0. The van der Waals surface area contributed by atoms with Gasteiger partial charge in [-0.3, -0.25) is 0 Å². The summed E-state index contributed by atoms with van der Waals surface area (Å²) in [6, 6.07) is 13.5. The van der Waals surface area contributed by atoms with E-state index in [0.717, 1.165) is 19.3 Å². The number of aryl methyl sites for hydroxylation is 2. The van der Waals surface area contributed by atoms with E-state index in [9.17, 15) is 0 Å². The molecule has 22 heavy (non-hydrogen) atoms. The molecule has 1 aliphatic rings. The number of benzene rings is 2. The van der Waals surface area contributed by atoms with Crippen LogP contribution in [0.25, 0.3) is 17.2 Å². The van der Waals surface area contributed by atoms with Crippen LogP contribution in [0.1, 0.15) is 55.9 Å². The van der Waals surface area contributed by atoms with Gasteiger partial charge in [-0.1, -0.05) is 75.2 Å². The first kappa shape index (κ1) is 15.1. The van der Waals surface area contributed by atoms with E-state index >= 15 is 0 Å². The van der Waals surface area contributed by atoms with Crippen LogP contribution < -0.4 is 0 Å². The lowest BCUT2D eigenvalue weighted by atomic mass is 9.87. The van der Waals surface area contributed by atoms with Crippen molar-refractivity contribution >= 4 is 6.08 Å². The van der Waals surface area contributed by atoms with Crippen LogP contribution in [0.15, 0.2) is 42.0 Å². The van der Waals surface area contributed by atoms with Crippen molar-refractivity contribution in [1.29, 1.82) is 0 Å². The third-order valence-corrected chi connectivity index (χ3v) is 4.63. The zero-order chi connectivity index (χ0) is 15.5. The molecule has 2 aromatic carbocycles.